The Balaban J connectivity index is 2.54. The molecule has 1 N–H and O–H groups in total. The lowest BCUT2D eigenvalue weighted by Gasteiger charge is -2.04. The van der Waals surface area contributed by atoms with Gasteiger partial charge in [-0.25, -0.2) is 4.79 Å². The third kappa shape index (κ3) is 2.13. The van der Waals surface area contributed by atoms with Gasteiger partial charge in [0.05, 0.1) is 12.7 Å². The van der Waals surface area contributed by atoms with Gasteiger partial charge < -0.3 is 9.84 Å². The molecule has 86 valence electrons. The monoisotopic (exact) mass is 228 g/mol. The first kappa shape index (κ1) is 11.2. The van der Waals surface area contributed by atoms with Gasteiger partial charge in [0.15, 0.2) is 0 Å². The van der Waals surface area contributed by atoms with Crippen molar-refractivity contribution in [2.45, 2.75) is 0 Å². The van der Waals surface area contributed by atoms with Gasteiger partial charge in [-0.3, -0.25) is 0 Å². The minimum Gasteiger partial charge on any atom is -0.508 e. The summed E-state index contributed by atoms with van der Waals surface area (Å²) in [4.78, 5) is 11.4. The van der Waals surface area contributed by atoms with Crippen LogP contribution in [0.15, 0.2) is 43.0 Å². The average molecular weight is 228 g/mol. The van der Waals surface area contributed by atoms with Crippen LogP contribution in [-0.2, 0) is 4.74 Å². The second-order valence-electron chi connectivity index (χ2n) is 3.71. The molecule has 0 saturated heterocycles. The molecule has 2 aromatic rings. The van der Waals surface area contributed by atoms with Crippen LogP contribution in [0.3, 0.4) is 0 Å². The number of carbonyl (C=O) groups excluding carboxylic acids is 1. The highest BCUT2D eigenvalue weighted by molar-refractivity contribution is 5.96. The van der Waals surface area contributed by atoms with Crippen LogP contribution in [-0.4, -0.2) is 18.2 Å². The van der Waals surface area contributed by atoms with E-state index in [0.717, 1.165) is 10.8 Å². The fourth-order valence-electron chi connectivity index (χ4n) is 1.67. The molecule has 0 fully saturated rings. The number of benzene rings is 2. The van der Waals surface area contributed by atoms with Gasteiger partial charge >= 0.3 is 5.97 Å². The summed E-state index contributed by atoms with van der Waals surface area (Å²) >= 11 is 0. The van der Waals surface area contributed by atoms with Crippen LogP contribution >= 0.6 is 0 Å². The fraction of sp³-hybridized carbons (Fsp3) is 0.0714. The highest BCUT2D eigenvalue weighted by Gasteiger charge is 2.06. The number of hydrogen-bond acceptors (Lipinski definition) is 3. The number of aliphatic hydroxyl groups is 1. The van der Waals surface area contributed by atoms with Crippen LogP contribution in [0.4, 0.5) is 0 Å². The van der Waals surface area contributed by atoms with Crippen molar-refractivity contribution in [2.75, 3.05) is 7.11 Å². The van der Waals surface area contributed by atoms with E-state index in [2.05, 4.69) is 11.3 Å². The van der Waals surface area contributed by atoms with Gasteiger partial charge in [0.25, 0.3) is 0 Å². The molecule has 0 aliphatic carbocycles. The molecule has 17 heavy (non-hydrogen) atoms. The van der Waals surface area contributed by atoms with Crippen molar-refractivity contribution < 1.29 is 14.6 Å². The third-order valence-corrected chi connectivity index (χ3v) is 2.59. The van der Waals surface area contributed by atoms with Crippen molar-refractivity contribution in [3.8, 4) is 0 Å². The summed E-state index contributed by atoms with van der Waals surface area (Å²) in [6.45, 7) is 3.47. The standard InChI is InChI=1S/C14H12O3/c1-9(15)10-3-4-12-8-13(14(16)17-2)6-5-11(12)7-10/h3-8,15H,1H2,2H3. The molecule has 3 heteroatoms. The second kappa shape index (κ2) is 4.29. The van der Waals surface area contributed by atoms with Crippen LogP contribution in [0, 0.1) is 0 Å². The summed E-state index contributed by atoms with van der Waals surface area (Å²) in [6.07, 6.45) is 0. The van der Waals surface area contributed by atoms with Crippen molar-refractivity contribution in [1.29, 1.82) is 0 Å². The number of ether oxygens (including phenoxy) is 1. The van der Waals surface area contributed by atoms with E-state index in [1.165, 1.54) is 7.11 Å². The van der Waals surface area contributed by atoms with Crippen LogP contribution in [0.1, 0.15) is 15.9 Å². The largest absolute Gasteiger partial charge is 0.508 e. The molecule has 0 saturated carbocycles. The van der Waals surface area contributed by atoms with Gasteiger partial charge in [0.1, 0.15) is 5.76 Å². The van der Waals surface area contributed by atoms with Gasteiger partial charge in [-0.15, -0.1) is 0 Å². The molecule has 2 aromatic carbocycles. The first-order valence-electron chi connectivity index (χ1n) is 5.12. The Morgan fingerprint density at radius 2 is 1.65 bits per heavy atom. The van der Waals surface area contributed by atoms with Gasteiger partial charge in [-0.05, 0) is 29.0 Å². The SMILES string of the molecule is C=C(O)c1ccc2cc(C(=O)OC)ccc2c1. The molecular weight excluding hydrogens is 216 g/mol. The number of aliphatic hydroxyl groups excluding tert-OH is 1. The van der Waals surface area contributed by atoms with Crippen molar-refractivity contribution in [3.63, 3.8) is 0 Å². The number of methoxy groups -OCH3 is 1. The van der Waals surface area contributed by atoms with Gasteiger partial charge in [0, 0.05) is 5.56 Å². The molecule has 0 unspecified atom stereocenters. The Morgan fingerprint density at radius 1 is 1.12 bits per heavy atom. The lowest BCUT2D eigenvalue weighted by molar-refractivity contribution is 0.0601. The van der Waals surface area contributed by atoms with Gasteiger partial charge in [-0.1, -0.05) is 24.8 Å². The Kier molecular flexibility index (Phi) is 2.83. The smallest absolute Gasteiger partial charge is 0.337 e. The van der Waals surface area contributed by atoms with Crippen LogP contribution < -0.4 is 0 Å². The first-order chi connectivity index (χ1) is 8.11. The van der Waals surface area contributed by atoms with E-state index in [4.69, 9.17) is 0 Å². The lowest BCUT2D eigenvalue weighted by atomic mass is 10.0. The van der Waals surface area contributed by atoms with Crippen molar-refractivity contribution in [3.05, 3.63) is 54.1 Å². The predicted molar refractivity (Wildman–Crippen MR) is 67.0 cm³/mol. The lowest BCUT2D eigenvalue weighted by Crippen LogP contribution is -2.00. The third-order valence-electron chi connectivity index (χ3n) is 2.59. The average Bonchev–Trinajstić information content (AvgIpc) is 2.36. The number of rotatable bonds is 2. The maximum atomic E-state index is 11.4. The van der Waals surface area contributed by atoms with Crippen molar-refractivity contribution in [2.24, 2.45) is 0 Å². The van der Waals surface area contributed by atoms with Crippen molar-refractivity contribution in [1.82, 2.24) is 0 Å². The molecule has 0 radical (unpaired) electrons. The molecule has 0 atom stereocenters. The molecule has 0 amide bonds. The molecule has 3 nitrogen and oxygen atoms in total. The number of hydrogen-bond donors (Lipinski definition) is 1. The van der Waals surface area contributed by atoms with Crippen LogP contribution in [0.25, 0.3) is 16.5 Å². The maximum Gasteiger partial charge on any atom is 0.337 e. The summed E-state index contributed by atoms with van der Waals surface area (Å²) < 4.78 is 4.65. The normalized spacial score (nSPS) is 10.2. The molecule has 0 spiro atoms. The molecular formula is C14H12O3. The van der Waals surface area contributed by atoms with Crippen LogP contribution in [0.5, 0.6) is 0 Å². The topological polar surface area (TPSA) is 46.5 Å². The summed E-state index contributed by atoms with van der Waals surface area (Å²) in [5.74, 6) is -0.327. The molecule has 0 aliphatic heterocycles. The van der Waals surface area contributed by atoms with E-state index in [-0.39, 0.29) is 11.7 Å². The summed E-state index contributed by atoms with van der Waals surface area (Å²) in [6, 6.07) is 10.7. The second-order valence-corrected chi connectivity index (χ2v) is 3.71. The number of fused-ring (bicyclic) bond motifs is 1. The molecule has 0 bridgehead atoms. The van der Waals surface area contributed by atoms with E-state index >= 15 is 0 Å². The van der Waals surface area contributed by atoms with E-state index < -0.39 is 0 Å². The minimum atomic E-state index is -0.359. The summed E-state index contributed by atoms with van der Waals surface area (Å²) in [5, 5.41) is 11.1. The quantitative estimate of drug-likeness (QED) is 0.634. The van der Waals surface area contributed by atoms with E-state index in [9.17, 15) is 9.90 Å². The Labute approximate surface area is 99.0 Å². The fourth-order valence-corrected chi connectivity index (χ4v) is 1.67. The summed E-state index contributed by atoms with van der Waals surface area (Å²) in [7, 11) is 1.35. The minimum absolute atomic E-state index is 0.0314. The number of carbonyl (C=O) groups is 1. The first-order valence-corrected chi connectivity index (χ1v) is 5.12. The Morgan fingerprint density at radius 3 is 2.18 bits per heavy atom. The molecule has 0 heterocycles. The molecule has 2 rings (SSSR count). The van der Waals surface area contributed by atoms with Gasteiger partial charge in [-0.2, -0.15) is 0 Å². The zero-order chi connectivity index (χ0) is 12.4. The highest BCUT2D eigenvalue weighted by atomic mass is 16.5. The summed E-state index contributed by atoms with van der Waals surface area (Å²) in [5.41, 5.74) is 1.18. The highest BCUT2D eigenvalue weighted by Crippen LogP contribution is 2.20. The number of esters is 1. The molecule has 0 aromatic heterocycles. The zero-order valence-electron chi connectivity index (χ0n) is 9.43. The van der Waals surface area contributed by atoms with E-state index in [0.29, 0.717) is 11.1 Å². The van der Waals surface area contributed by atoms with Crippen molar-refractivity contribution >= 4 is 22.5 Å². The molecule has 0 aliphatic rings. The maximum absolute atomic E-state index is 11.4. The Hall–Kier alpha value is -2.29. The van der Waals surface area contributed by atoms with E-state index in [1.807, 2.05) is 18.2 Å². The zero-order valence-corrected chi connectivity index (χ0v) is 9.43. The Bertz CT molecular complexity index is 599. The van der Waals surface area contributed by atoms with E-state index in [1.54, 1.807) is 18.2 Å². The van der Waals surface area contributed by atoms with Gasteiger partial charge in [0.2, 0.25) is 0 Å². The van der Waals surface area contributed by atoms with Crippen LogP contribution in [0.2, 0.25) is 0 Å². The predicted octanol–water partition coefficient (Wildman–Crippen LogP) is 3.16.